The molecule has 0 fully saturated rings. The topological polar surface area (TPSA) is 21.3 Å². The first kappa shape index (κ1) is 15.0. The maximum Gasteiger partial charge on any atom is 0.125 e. The standard InChI is InChI=1S/C16H27NO/c1-6-7-17-10-13(3)11-18-16-14(4)8-12(2)9-15(16)5/h8-9,13,17H,6-7,10-11H2,1-5H3. The highest BCUT2D eigenvalue weighted by atomic mass is 16.5. The Balaban J connectivity index is 2.48. The highest BCUT2D eigenvalue weighted by Gasteiger charge is 2.07. The summed E-state index contributed by atoms with van der Waals surface area (Å²) in [5.74, 6) is 1.60. The third kappa shape index (κ3) is 4.69. The van der Waals surface area contributed by atoms with Crippen LogP contribution in [0.1, 0.15) is 37.0 Å². The van der Waals surface area contributed by atoms with Crippen LogP contribution in [0.2, 0.25) is 0 Å². The minimum atomic E-state index is 0.539. The largest absolute Gasteiger partial charge is 0.493 e. The molecule has 1 atom stereocenters. The highest BCUT2D eigenvalue weighted by Crippen LogP contribution is 2.24. The number of nitrogens with one attached hydrogen (secondary N) is 1. The Bertz CT molecular complexity index is 350. The van der Waals surface area contributed by atoms with Crippen LogP contribution >= 0.6 is 0 Å². The maximum absolute atomic E-state index is 5.98. The van der Waals surface area contributed by atoms with Crippen LogP contribution in [0, 0.1) is 26.7 Å². The molecule has 0 heterocycles. The molecule has 0 aromatic heterocycles. The molecule has 2 nitrogen and oxygen atoms in total. The minimum Gasteiger partial charge on any atom is -0.493 e. The van der Waals surface area contributed by atoms with E-state index in [0.29, 0.717) is 5.92 Å². The molecule has 0 saturated heterocycles. The fourth-order valence-electron chi connectivity index (χ4n) is 2.20. The van der Waals surface area contributed by atoms with Gasteiger partial charge in [0.15, 0.2) is 0 Å². The smallest absolute Gasteiger partial charge is 0.125 e. The minimum absolute atomic E-state index is 0.539. The Hall–Kier alpha value is -1.02. The van der Waals surface area contributed by atoms with E-state index in [0.717, 1.165) is 25.4 Å². The summed E-state index contributed by atoms with van der Waals surface area (Å²) in [7, 11) is 0. The summed E-state index contributed by atoms with van der Waals surface area (Å²) in [6.07, 6.45) is 1.18. The number of rotatable bonds is 7. The van der Waals surface area contributed by atoms with Gasteiger partial charge < -0.3 is 10.1 Å². The lowest BCUT2D eigenvalue weighted by Gasteiger charge is -2.17. The summed E-state index contributed by atoms with van der Waals surface area (Å²) < 4.78 is 5.98. The fraction of sp³-hybridized carbons (Fsp3) is 0.625. The molecule has 0 spiro atoms. The first-order valence-corrected chi connectivity index (χ1v) is 6.96. The van der Waals surface area contributed by atoms with E-state index in [1.54, 1.807) is 0 Å². The van der Waals surface area contributed by atoms with Crippen LogP contribution in [-0.4, -0.2) is 19.7 Å². The summed E-state index contributed by atoms with van der Waals surface area (Å²) in [5, 5.41) is 3.43. The van der Waals surface area contributed by atoms with Gasteiger partial charge in [-0.1, -0.05) is 31.5 Å². The van der Waals surface area contributed by atoms with Crippen molar-refractivity contribution >= 4 is 0 Å². The number of ether oxygens (including phenoxy) is 1. The Morgan fingerprint density at radius 2 is 1.78 bits per heavy atom. The molecule has 1 aromatic rings. The average molecular weight is 249 g/mol. The van der Waals surface area contributed by atoms with Gasteiger partial charge in [-0.15, -0.1) is 0 Å². The van der Waals surface area contributed by atoms with Crippen molar-refractivity contribution in [3.63, 3.8) is 0 Å². The van der Waals surface area contributed by atoms with E-state index in [1.807, 2.05) is 0 Å². The summed E-state index contributed by atoms with van der Waals surface area (Å²) in [6, 6.07) is 4.37. The van der Waals surface area contributed by atoms with Gasteiger partial charge in [0.2, 0.25) is 0 Å². The summed E-state index contributed by atoms with van der Waals surface area (Å²) in [5.41, 5.74) is 3.78. The second-order valence-electron chi connectivity index (χ2n) is 5.35. The zero-order valence-corrected chi connectivity index (χ0v) is 12.5. The molecule has 0 saturated carbocycles. The molecular formula is C16H27NO. The van der Waals surface area contributed by atoms with Crippen molar-refractivity contribution in [2.75, 3.05) is 19.7 Å². The average Bonchev–Trinajstić information content (AvgIpc) is 2.27. The predicted octanol–water partition coefficient (Wildman–Crippen LogP) is 3.63. The quantitative estimate of drug-likeness (QED) is 0.745. The summed E-state index contributed by atoms with van der Waals surface area (Å²) >= 11 is 0. The highest BCUT2D eigenvalue weighted by molar-refractivity contribution is 5.42. The van der Waals surface area contributed by atoms with Crippen molar-refractivity contribution in [1.29, 1.82) is 0 Å². The number of aryl methyl sites for hydroxylation is 3. The Morgan fingerprint density at radius 3 is 2.33 bits per heavy atom. The molecule has 18 heavy (non-hydrogen) atoms. The summed E-state index contributed by atoms with van der Waals surface area (Å²) in [4.78, 5) is 0. The van der Waals surface area contributed by atoms with Gasteiger partial charge in [-0.3, -0.25) is 0 Å². The van der Waals surface area contributed by atoms with E-state index in [1.165, 1.54) is 23.1 Å². The van der Waals surface area contributed by atoms with Crippen molar-refractivity contribution in [3.8, 4) is 5.75 Å². The molecule has 1 unspecified atom stereocenters. The SMILES string of the molecule is CCCNCC(C)COc1c(C)cc(C)cc1C. The van der Waals surface area contributed by atoms with Crippen molar-refractivity contribution < 1.29 is 4.74 Å². The van der Waals surface area contributed by atoms with Gasteiger partial charge >= 0.3 is 0 Å². The number of hydrogen-bond donors (Lipinski definition) is 1. The van der Waals surface area contributed by atoms with Crippen LogP contribution in [0.25, 0.3) is 0 Å². The van der Waals surface area contributed by atoms with Crippen molar-refractivity contribution in [2.24, 2.45) is 5.92 Å². The van der Waals surface area contributed by atoms with E-state index in [2.05, 4.69) is 52.1 Å². The molecular weight excluding hydrogens is 222 g/mol. The molecule has 0 aliphatic carbocycles. The van der Waals surface area contributed by atoms with Crippen LogP contribution in [0.15, 0.2) is 12.1 Å². The lowest BCUT2D eigenvalue weighted by Crippen LogP contribution is -2.25. The normalized spacial score (nSPS) is 12.5. The Morgan fingerprint density at radius 1 is 1.17 bits per heavy atom. The van der Waals surface area contributed by atoms with Crippen molar-refractivity contribution in [1.82, 2.24) is 5.32 Å². The second-order valence-corrected chi connectivity index (χ2v) is 5.35. The van der Waals surface area contributed by atoms with Gasteiger partial charge in [0, 0.05) is 12.5 Å². The molecule has 1 aromatic carbocycles. The van der Waals surface area contributed by atoms with E-state index < -0.39 is 0 Å². The van der Waals surface area contributed by atoms with E-state index in [4.69, 9.17) is 4.74 Å². The second kappa shape index (κ2) is 7.42. The van der Waals surface area contributed by atoms with Gasteiger partial charge in [-0.2, -0.15) is 0 Å². The first-order valence-electron chi connectivity index (χ1n) is 6.96. The molecule has 0 aliphatic heterocycles. The molecule has 102 valence electrons. The molecule has 0 amide bonds. The summed E-state index contributed by atoms with van der Waals surface area (Å²) in [6.45, 7) is 13.7. The van der Waals surface area contributed by atoms with Crippen LogP contribution < -0.4 is 10.1 Å². The molecule has 0 aliphatic rings. The third-order valence-electron chi connectivity index (χ3n) is 3.04. The van der Waals surface area contributed by atoms with Gasteiger partial charge in [-0.05, 0) is 44.9 Å². The lowest BCUT2D eigenvalue weighted by molar-refractivity contribution is 0.253. The van der Waals surface area contributed by atoms with E-state index in [9.17, 15) is 0 Å². The fourth-order valence-corrected chi connectivity index (χ4v) is 2.20. The zero-order chi connectivity index (χ0) is 13.5. The van der Waals surface area contributed by atoms with Gasteiger partial charge in [0.25, 0.3) is 0 Å². The zero-order valence-electron chi connectivity index (χ0n) is 12.5. The van der Waals surface area contributed by atoms with Crippen LogP contribution in [0.3, 0.4) is 0 Å². The van der Waals surface area contributed by atoms with Crippen LogP contribution in [0.4, 0.5) is 0 Å². The molecule has 0 radical (unpaired) electrons. The molecule has 2 heteroatoms. The predicted molar refractivity (Wildman–Crippen MR) is 78.5 cm³/mol. The van der Waals surface area contributed by atoms with Gasteiger partial charge in [0.05, 0.1) is 6.61 Å². The van der Waals surface area contributed by atoms with E-state index in [-0.39, 0.29) is 0 Å². The van der Waals surface area contributed by atoms with Gasteiger partial charge in [-0.25, -0.2) is 0 Å². The lowest BCUT2D eigenvalue weighted by atomic mass is 10.1. The van der Waals surface area contributed by atoms with Crippen LogP contribution in [0.5, 0.6) is 5.75 Å². The molecule has 1 N–H and O–H groups in total. The van der Waals surface area contributed by atoms with Crippen LogP contribution in [-0.2, 0) is 0 Å². The number of benzene rings is 1. The Kier molecular flexibility index (Phi) is 6.20. The van der Waals surface area contributed by atoms with Gasteiger partial charge in [0.1, 0.15) is 5.75 Å². The molecule has 1 rings (SSSR count). The Labute approximate surface area is 112 Å². The van der Waals surface area contributed by atoms with Crippen molar-refractivity contribution in [2.45, 2.75) is 41.0 Å². The maximum atomic E-state index is 5.98. The monoisotopic (exact) mass is 249 g/mol. The third-order valence-corrected chi connectivity index (χ3v) is 3.04. The number of hydrogen-bond acceptors (Lipinski definition) is 2. The molecule has 0 bridgehead atoms. The first-order chi connectivity index (χ1) is 8.54. The van der Waals surface area contributed by atoms with E-state index >= 15 is 0 Å². The van der Waals surface area contributed by atoms with Crippen molar-refractivity contribution in [3.05, 3.63) is 28.8 Å².